The van der Waals surface area contributed by atoms with Crippen LogP contribution in [0.3, 0.4) is 0 Å². The highest BCUT2D eigenvalue weighted by Crippen LogP contribution is 2.39. The van der Waals surface area contributed by atoms with Crippen molar-refractivity contribution in [3.8, 4) is 5.75 Å². The molecule has 1 unspecified atom stereocenters. The van der Waals surface area contributed by atoms with E-state index in [0.717, 1.165) is 12.1 Å². The standard InChI is InChI=1S/C22H19F3N4O3/c1-12-9-16(13-3-5-14(6-4-13)22(23,24)25)20(30)19-18(11-27-29(12)19)28-21(31)17-10-15(32-2)7-8-26-17/h3-8,10-12,16H,9H2,1-2H3,(H,28,31)/t12-,16?/m0/s1. The van der Waals surface area contributed by atoms with Crippen LogP contribution in [0.4, 0.5) is 18.9 Å². The molecule has 0 saturated heterocycles. The molecule has 2 atom stereocenters. The van der Waals surface area contributed by atoms with Gasteiger partial charge in [0.15, 0.2) is 5.78 Å². The zero-order chi connectivity index (χ0) is 23.0. The van der Waals surface area contributed by atoms with Crippen molar-refractivity contribution in [2.24, 2.45) is 0 Å². The summed E-state index contributed by atoms with van der Waals surface area (Å²) in [5.74, 6) is -1.07. The fraction of sp³-hybridized carbons (Fsp3) is 0.273. The van der Waals surface area contributed by atoms with Crippen molar-refractivity contribution in [1.82, 2.24) is 14.8 Å². The van der Waals surface area contributed by atoms with E-state index in [9.17, 15) is 22.8 Å². The predicted octanol–water partition coefficient (Wildman–Crippen LogP) is 4.49. The Labute approximate surface area is 181 Å². The van der Waals surface area contributed by atoms with E-state index in [1.165, 1.54) is 42.4 Å². The zero-order valence-corrected chi connectivity index (χ0v) is 17.2. The topological polar surface area (TPSA) is 86.1 Å². The van der Waals surface area contributed by atoms with Crippen LogP contribution in [-0.2, 0) is 6.18 Å². The minimum atomic E-state index is -4.45. The van der Waals surface area contributed by atoms with Crippen molar-refractivity contribution in [1.29, 1.82) is 0 Å². The third kappa shape index (κ3) is 3.95. The number of benzene rings is 1. The van der Waals surface area contributed by atoms with Gasteiger partial charge in [0, 0.05) is 12.3 Å². The molecular formula is C22H19F3N4O3. The molecule has 32 heavy (non-hydrogen) atoms. The number of aromatic nitrogens is 3. The van der Waals surface area contributed by atoms with E-state index in [4.69, 9.17) is 4.74 Å². The number of hydrogen-bond acceptors (Lipinski definition) is 5. The highest BCUT2D eigenvalue weighted by molar-refractivity contribution is 6.10. The van der Waals surface area contributed by atoms with Gasteiger partial charge in [-0.15, -0.1) is 0 Å². The Bertz CT molecular complexity index is 1170. The maximum absolute atomic E-state index is 13.3. The van der Waals surface area contributed by atoms with Gasteiger partial charge in [-0.25, -0.2) is 0 Å². The number of nitrogens with one attached hydrogen (secondary N) is 1. The first-order valence-corrected chi connectivity index (χ1v) is 9.79. The first-order valence-electron chi connectivity index (χ1n) is 9.79. The third-order valence-corrected chi connectivity index (χ3v) is 5.43. The molecule has 0 fully saturated rings. The summed E-state index contributed by atoms with van der Waals surface area (Å²) < 4.78 is 45.3. The smallest absolute Gasteiger partial charge is 0.416 e. The lowest BCUT2D eigenvalue weighted by Gasteiger charge is -2.28. The van der Waals surface area contributed by atoms with E-state index in [-0.39, 0.29) is 28.9 Å². The molecule has 1 aromatic carbocycles. The van der Waals surface area contributed by atoms with Gasteiger partial charge in [0.25, 0.3) is 5.91 Å². The molecule has 4 rings (SSSR count). The molecule has 0 radical (unpaired) electrons. The molecule has 10 heteroatoms. The molecule has 0 aliphatic carbocycles. The van der Waals surface area contributed by atoms with Crippen LogP contribution in [-0.4, -0.2) is 33.6 Å². The van der Waals surface area contributed by atoms with Gasteiger partial charge in [-0.2, -0.15) is 18.3 Å². The van der Waals surface area contributed by atoms with Gasteiger partial charge in [0.2, 0.25) is 0 Å². The molecule has 1 aliphatic rings. The van der Waals surface area contributed by atoms with Crippen LogP contribution in [0.1, 0.15) is 57.4 Å². The minimum Gasteiger partial charge on any atom is -0.497 e. The number of ether oxygens (including phenoxy) is 1. The van der Waals surface area contributed by atoms with Gasteiger partial charge < -0.3 is 10.1 Å². The normalized spacial score (nSPS) is 18.2. The largest absolute Gasteiger partial charge is 0.497 e. The molecule has 0 spiro atoms. The van der Waals surface area contributed by atoms with Crippen molar-refractivity contribution in [2.75, 3.05) is 12.4 Å². The lowest BCUT2D eigenvalue weighted by Crippen LogP contribution is -2.29. The molecule has 3 heterocycles. The lowest BCUT2D eigenvalue weighted by atomic mass is 9.84. The maximum atomic E-state index is 13.3. The van der Waals surface area contributed by atoms with E-state index >= 15 is 0 Å². The van der Waals surface area contributed by atoms with Crippen LogP contribution in [0.2, 0.25) is 0 Å². The van der Waals surface area contributed by atoms with Gasteiger partial charge in [-0.05, 0) is 37.1 Å². The number of rotatable bonds is 4. The Hall–Kier alpha value is -3.69. The Morgan fingerprint density at radius 2 is 1.94 bits per heavy atom. The fourth-order valence-electron chi connectivity index (χ4n) is 3.79. The van der Waals surface area contributed by atoms with Crippen molar-refractivity contribution < 1.29 is 27.5 Å². The molecule has 1 aliphatic heterocycles. The maximum Gasteiger partial charge on any atom is 0.416 e. The average Bonchev–Trinajstić information content (AvgIpc) is 3.20. The predicted molar refractivity (Wildman–Crippen MR) is 109 cm³/mol. The summed E-state index contributed by atoms with van der Waals surface area (Å²) in [5, 5.41) is 6.89. The zero-order valence-electron chi connectivity index (χ0n) is 17.2. The Kier molecular flexibility index (Phi) is 5.45. The van der Waals surface area contributed by atoms with Crippen LogP contribution in [0.5, 0.6) is 5.75 Å². The molecule has 0 bridgehead atoms. The number of ketones is 1. The first kappa shape index (κ1) is 21.5. The monoisotopic (exact) mass is 444 g/mol. The fourth-order valence-corrected chi connectivity index (χ4v) is 3.79. The second-order valence-corrected chi connectivity index (χ2v) is 7.51. The Balaban J connectivity index is 1.62. The van der Waals surface area contributed by atoms with Gasteiger partial charge in [0.05, 0.1) is 36.5 Å². The molecule has 3 aromatic rings. The summed E-state index contributed by atoms with van der Waals surface area (Å²) in [4.78, 5) is 29.9. The molecule has 0 saturated carbocycles. The third-order valence-electron chi connectivity index (χ3n) is 5.43. The minimum absolute atomic E-state index is 0.0971. The Morgan fingerprint density at radius 3 is 2.59 bits per heavy atom. The van der Waals surface area contributed by atoms with E-state index in [2.05, 4.69) is 15.4 Å². The van der Waals surface area contributed by atoms with Gasteiger partial charge >= 0.3 is 6.18 Å². The number of alkyl halides is 3. The van der Waals surface area contributed by atoms with Gasteiger partial charge in [-0.3, -0.25) is 19.3 Å². The highest BCUT2D eigenvalue weighted by atomic mass is 19.4. The Morgan fingerprint density at radius 1 is 1.22 bits per heavy atom. The number of nitrogens with zero attached hydrogens (tertiary/aromatic N) is 3. The quantitative estimate of drug-likeness (QED) is 0.641. The van der Waals surface area contributed by atoms with Crippen LogP contribution >= 0.6 is 0 Å². The number of anilines is 1. The second kappa shape index (κ2) is 8.10. The molecule has 1 N–H and O–H groups in total. The summed E-state index contributed by atoms with van der Waals surface area (Å²) in [6, 6.07) is 7.44. The van der Waals surface area contributed by atoms with Crippen molar-refractivity contribution in [3.63, 3.8) is 0 Å². The van der Waals surface area contributed by atoms with Gasteiger partial charge in [-0.1, -0.05) is 12.1 Å². The highest BCUT2D eigenvalue weighted by Gasteiger charge is 2.37. The van der Waals surface area contributed by atoms with Crippen LogP contribution in [0.25, 0.3) is 0 Å². The lowest BCUT2D eigenvalue weighted by molar-refractivity contribution is -0.137. The number of pyridine rings is 1. The summed E-state index contributed by atoms with van der Waals surface area (Å²) in [6.07, 6.45) is -1.26. The second-order valence-electron chi connectivity index (χ2n) is 7.51. The van der Waals surface area contributed by atoms with Crippen molar-refractivity contribution >= 4 is 17.4 Å². The molecule has 2 aromatic heterocycles. The number of carbonyl (C=O) groups is 2. The number of amides is 1. The van der Waals surface area contributed by atoms with Crippen molar-refractivity contribution in [3.05, 3.63) is 71.3 Å². The molecule has 166 valence electrons. The average molecular weight is 444 g/mol. The summed E-state index contributed by atoms with van der Waals surface area (Å²) >= 11 is 0. The number of Topliss-reactive ketones (excluding diaryl/α,β-unsaturated/α-hetero) is 1. The van der Waals surface area contributed by atoms with Gasteiger partial charge in [0.1, 0.15) is 17.1 Å². The molecular weight excluding hydrogens is 425 g/mol. The number of methoxy groups -OCH3 is 1. The number of hydrogen-bond donors (Lipinski definition) is 1. The van der Waals surface area contributed by atoms with Crippen LogP contribution in [0.15, 0.2) is 48.8 Å². The molecule has 1 amide bonds. The van der Waals surface area contributed by atoms with Crippen LogP contribution < -0.4 is 10.1 Å². The SMILES string of the molecule is COc1ccnc(C(=O)Nc2cnn3c2C(=O)C(c2ccc(C(F)(F)F)cc2)C[C@@H]3C)c1. The van der Waals surface area contributed by atoms with E-state index in [1.54, 1.807) is 6.07 Å². The number of halogens is 3. The summed E-state index contributed by atoms with van der Waals surface area (Å²) in [5.41, 5.74) is 0.216. The van der Waals surface area contributed by atoms with E-state index < -0.39 is 23.6 Å². The molecule has 7 nitrogen and oxygen atoms in total. The van der Waals surface area contributed by atoms with E-state index in [0.29, 0.717) is 17.7 Å². The number of carbonyl (C=O) groups excluding carboxylic acids is 2. The number of fused-ring (bicyclic) bond motifs is 1. The van der Waals surface area contributed by atoms with E-state index in [1.807, 2.05) is 6.92 Å². The first-order chi connectivity index (χ1) is 15.2. The van der Waals surface area contributed by atoms with Crippen molar-refractivity contribution in [2.45, 2.75) is 31.5 Å². The summed E-state index contributed by atoms with van der Waals surface area (Å²) in [6.45, 7) is 1.86. The summed E-state index contributed by atoms with van der Waals surface area (Å²) in [7, 11) is 1.46. The van der Waals surface area contributed by atoms with Crippen LogP contribution in [0, 0.1) is 0 Å².